The molecule has 1 aromatic carbocycles. The summed E-state index contributed by atoms with van der Waals surface area (Å²) in [7, 11) is 2.48. The maximum Gasteiger partial charge on any atom is 0.345 e. The molecule has 1 unspecified atom stereocenters. The number of thiazole rings is 1. The fraction of sp³-hybridized carbons (Fsp3) is 0.188. The number of aromatic amines is 1. The summed E-state index contributed by atoms with van der Waals surface area (Å²) in [5, 5.41) is 0.664. The molecule has 2 heterocycles. The van der Waals surface area contributed by atoms with Gasteiger partial charge in [-0.3, -0.25) is 0 Å². The molecular formula is C16H12FNO4S3. The number of hydrogen-bond acceptors (Lipinski definition) is 7. The zero-order valence-corrected chi connectivity index (χ0v) is 15.6. The van der Waals surface area contributed by atoms with Crippen LogP contribution in [0.4, 0.5) is 4.39 Å². The standard InChI is InChI=1S/C16H12FNO4S3/c1-21-14(19)10-9(7-3-5-8(17)6-4-7)11-13(18-16(23)25-11)24-12(10)15(20)22-2/h3-6,9H,1-2H3,(H,18,23). The van der Waals surface area contributed by atoms with Gasteiger partial charge in [0.2, 0.25) is 0 Å². The van der Waals surface area contributed by atoms with Gasteiger partial charge in [-0.05, 0) is 29.9 Å². The smallest absolute Gasteiger partial charge is 0.345 e. The summed E-state index contributed by atoms with van der Waals surface area (Å²) in [6.07, 6.45) is 0. The normalized spacial score (nSPS) is 16.4. The lowest BCUT2D eigenvalue weighted by atomic mass is 9.89. The summed E-state index contributed by atoms with van der Waals surface area (Å²) in [4.78, 5) is 28.6. The van der Waals surface area contributed by atoms with Crippen LogP contribution in [0.3, 0.4) is 0 Å². The van der Waals surface area contributed by atoms with Crippen molar-refractivity contribution in [3.8, 4) is 0 Å². The SMILES string of the molecule is COC(=O)C1=C(C(=O)OC)C(c2ccc(F)cc2)c2sc(=S)[nH]c2S1. The van der Waals surface area contributed by atoms with Crippen LogP contribution in [0.15, 0.2) is 39.8 Å². The van der Waals surface area contributed by atoms with Crippen molar-refractivity contribution in [3.05, 3.63) is 55.0 Å². The van der Waals surface area contributed by atoms with Gasteiger partial charge in [0.15, 0.2) is 3.95 Å². The molecule has 130 valence electrons. The van der Waals surface area contributed by atoms with Crippen LogP contribution in [-0.2, 0) is 19.1 Å². The number of rotatable bonds is 3. The molecule has 2 aromatic rings. The number of ether oxygens (including phenoxy) is 2. The zero-order chi connectivity index (χ0) is 18.1. The molecule has 0 radical (unpaired) electrons. The van der Waals surface area contributed by atoms with Gasteiger partial charge in [0.1, 0.15) is 10.7 Å². The Morgan fingerprint density at radius 1 is 1.16 bits per heavy atom. The van der Waals surface area contributed by atoms with Gasteiger partial charge in [0.05, 0.1) is 35.6 Å². The molecule has 0 aliphatic carbocycles. The fourth-order valence-electron chi connectivity index (χ4n) is 2.55. The van der Waals surface area contributed by atoms with Crippen LogP contribution in [-0.4, -0.2) is 31.1 Å². The Morgan fingerprint density at radius 3 is 2.40 bits per heavy atom. The van der Waals surface area contributed by atoms with E-state index >= 15 is 0 Å². The number of H-pyrrole nitrogens is 1. The van der Waals surface area contributed by atoms with Crippen molar-refractivity contribution in [2.24, 2.45) is 0 Å². The van der Waals surface area contributed by atoms with E-state index in [2.05, 4.69) is 4.98 Å². The first kappa shape index (κ1) is 17.8. The van der Waals surface area contributed by atoms with Crippen molar-refractivity contribution < 1.29 is 23.5 Å². The Bertz CT molecular complexity index is 930. The minimum absolute atomic E-state index is 0.125. The molecule has 25 heavy (non-hydrogen) atoms. The van der Waals surface area contributed by atoms with Crippen LogP contribution in [0.2, 0.25) is 0 Å². The minimum atomic E-state index is -0.646. The zero-order valence-electron chi connectivity index (χ0n) is 13.1. The Balaban J connectivity index is 2.28. The summed E-state index contributed by atoms with van der Waals surface area (Å²) in [6, 6.07) is 5.74. The number of fused-ring (bicyclic) bond motifs is 1. The van der Waals surface area contributed by atoms with E-state index in [9.17, 15) is 14.0 Å². The third kappa shape index (κ3) is 3.26. The summed E-state index contributed by atoms with van der Waals surface area (Å²) >= 11 is 7.59. The van der Waals surface area contributed by atoms with Crippen LogP contribution >= 0.6 is 35.3 Å². The molecule has 3 rings (SSSR count). The first-order chi connectivity index (χ1) is 12.0. The summed E-state index contributed by atoms with van der Waals surface area (Å²) < 4.78 is 23.6. The molecule has 1 aliphatic rings. The lowest BCUT2D eigenvalue weighted by Crippen LogP contribution is -2.22. The molecule has 5 nitrogen and oxygen atoms in total. The van der Waals surface area contributed by atoms with E-state index in [0.717, 1.165) is 16.6 Å². The van der Waals surface area contributed by atoms with E-state index in [1.807, 2.05) is 0 Å². The van der Waals surface area contributed by atoms with Crippen molar-refractivity contribution in [2.75, 3.05) is 14.2 Å². The average Bonchev–Trinajstić information content (AvgIpc) is 2.99. The maximum absolute atomic E-state index is 13.3. The second-order valence-electron chi connectivity index (χ2n) is 5.02. The van der Waals surface area contributed by atoms with Gasteiger partial charge >= 0.3 is 11.9 Å². The first-order valence-electron chi connectivity index (χ1n) is 7.03. The highest BCUT2D eigenvalue weighted by Gasteiger charge is 2.39. The molecule has 1 aromatic heterocycles. The molecule has 1 aliphatic heterocycles. The number of benzene rings is 1. The summed E-state index contributed by atoms with van der Waals surface area (Å²) in [5.74, 6) is -2.29. The third-order valence-electron chi connectivity index (χ3n) is 3.62. The Hall–Kier alpha value is -1.97. The number of esters is 2. The lowest BCUT2D eigenvalue weighted by molar-refractivity contribution is -0.139. The summed E-state index contributed by atoms with van der Waals surface area (Å²) in [6.45, 7) is 0. The average molecular weight is 397 g/mol. The molecular weight excluding hydrogens is 385 g/mol. The molecule has 0 bridgehead atoms. The molecule has 0 fully saturated rings. The molecule has 0 amide bonds. The molecule has 1 N–H and O–H groups in total. The Morgan fingerprint density at radius 2 is 1.80 bits per heavy atom. The Labute approximate surface area is 155 Å². The van der Waals surface area contributed by atoms with Crippen molar-refractivity contribution >= 4 is 47.3 Å². The largest absolute Gasteiger partial charge is 0.466 e. The number of hydrogen-bond donors (Lipinski definition) is 1. The van der Waals surface area contributed by atoms with E-state index in [-0.39, 0.29) is 10.5 Å². The van der Waals surface area contributed by atoms with Gasteiger partial charge in [-0.1, -0.05) is 23.9 Å². The molecule has 1 atom stereocenters. The van der Waals surface area contributed by atoms with Gasteiger partial charge in [-0.2, -0.15) is 0 Å². The van der Waals surface area contributed by atoms with Crippen LogP contribution in [0.1, 0.15) is 16.4 Å². The molecule has 0 saturated heterocycles. The van der Waals surface area contributed by atoms with Crippen molar-refractivity contribution in [1.29, 1.82) is 0 Å². The number of aromatic nitrogens is 1. The third-order valence-corrected chi connectivity index (χ3v) is 6.17. The number of nitrogens with one attached hydrogen (secondary N) is 1. The Kier molecular flexibility index (Phi) is 5.07. The number of carbonyl (C=O) groups excluding carboxylic acids is 2. The number of halogens is 1. The minimum Gasteiger partial charge on any atom is -0.466 e. The lowest BCUT2D eigenvalue weighted by Gasteiger charge is -2.25. The monoisotopic (exact) mass is 397 g/mol. The van der Waals surface area contributed by atoms with E-state index in [1.165, 1.54) is 37.7 Å². The highest BCUT2D eigenvalue weighted by Crippen LogP contribution is 2.49. The first-order valence-corrected chi connectivity index (χ1v) is 9.07. The summed E-state index contributed by atoms with van der Waals surface area (Å²) in [5.41, 5.74) is 0.804. The predicted molar refractivity (Wildman–Crippen MR) is 94.7 cm³/mol. The van der Waals surface area contributed by atoms with Crippen molar-refractivity contribution in [1.82, 2.24) is 4.98 Å². The van der Waals surface area contributed by atoms with Gasteiger partial charge in [-0.25, -0.2) is 14.0 Å². The van der Waals surface area contributed by atoms with Gasteiger partial charge in [0, 0.05) is 0 Å². The number of carbonyl (C=O) groups is 2. The highest BCUT2D eigenvalue weighted by molar-refractivity contribution is 8.04. The van der Waals surface area contributed by atoms with Crippen LogP contribution in [0.5, 0.6) is 0 Å². The van der Waals surface area contributed by atoms with Crippen LogP contribution in [0, 0.1) is 9.77 Å². The molecule has 9 heteroatoms. The highest BCUT2D eigenvalue weighted by atomic mass is 32.2. The van der Waals surface area contributed by atoms with Gasteiger partial charge < -0.3 is 14.5 Å². The number of methoxy groups -OCH3 is 2. The molecule has 0 spiro atoms. The second-order valence-corrected chi connectivity index (χ2v) is 7.76. The van der Waals surface area contributed by atoms with Crippen molar-refractivity contribution in [2.45, 2.75) is 10.9 Å². The van der Waals surface area contributed by atoms with Gasteiger partial charge in [0.25, 0.3) is 0 Å². The van der Waals surface area contributed by atoms with Crippen LogP contribution < -0.4 is 0 Å². The maximum atomic E-state index is 13.3. The predicted octanol–water partition coefficient (Wildman–Crippen LogP) is 3.78. The fourth-order valence-corrected chi connectivity index (χ4v) is 5.22. The van der Waals surface area contributed by atoms with Crippen molar-refractivity contribution in [3.63, 3.8) is 0 Å². The number of thioether (sulfide) groups is 1. The van der Waals surface area contributed by atoms with E-state index in [4.69, 9.17) is 21.7 Å². The van der Waals surface area contributed by atoms with E-state index < -0.39 is 23.7 Å². The van der Waals surface area contributed by atoms with Crippen LogP contribution in [0.25, 0.3) is 0 Å². The second kappa shape index (κ2) is 7.11. The quantitative estimate of drug-likeness (QED) is 0.628. The topological polar surface area (TPSA) is 68.4 Å². The molecule has 0 saturated carbocycles. The van der Waals surface area contributed by atoms with E-state index in [0.29, 0.717) is 14.5 Å². The van der Waals surface area contributed by atoms with E-state index in [1.54, 1.807) is 12.1 Å². The van der Waals surface area contributed by atoms with Gasteiger partial charge in [-0.15, -0.1) is 11.3 Å².